The summed E-state index contributed by atoms with van der Waals surface area (Å²) in [6.07, 6.45) is 4.19. The van der Waals surface area contributed by atoms with Crippen LogP contribution in [-0.2, 0) is 0 Å². The van der Waals surface area contributed by atoms with Gasteiger partial charge in [0.2, 0.25) is 0 Å². The maximum atomic E-state index is 8.60. The molecule has 0 spiro atoms. The summed E-state index contributed by atoms with van der Waals surface area (Å²) in [4.78, 5) is 0. The van der Waals surface area contributed by atoms with Gasteiger partial charge in [-0.1, -0.05) is 18.6 Å². The zero-order chi connectivity index (χ0) is 10.9. The lowest BCUT2D eigenvalue weighted by Crippen LogP contribution is -1.97. The van der Waals surface area contributed by atoms with Crippen LogP contribution in [0.4, 0.5) is 0 Å². The summed E-state index contributed by atoms with van der Waals surface area (Å²) >= 11 is 0. The Bertz CT molecular complexity index is 271. The van der Waals surface area contributed by atoms with Gasteiger partial charge in [0, 0.05) is 6.61 Å². The van der Waals surface area contributed by atoms with Crippen molar-refractivity contribution >= 4 is 0 Å². The zero-order valence-corrected chi connectivity index (χ0v) is 9.41. The van der Waals surface area contributed by atoms with Crippen molar-refractivity contribution in [3.63, 3.8) is 0 Å². The molecule has 2 nitrogen and oxygen atoms in total. The smallest absolute Gasteiger partial charge is 0.119 e. The Labute approximate surface area is 91.9 Å². The highest BCUT2D eigenvalue weighted by Crippen LogP contribution is 2.12. The summed E-state index contributed by atoms with van der Waals surface area (Å²) in [6.45, 7) is 3.14. The van der Waals surface area contributed by atoms with Crippen LogP contribution >= 0.6 is 0 Å². The van der Waals surface area contributed by atoms with E-state index < -0.39 is 0 Å². The van der Waals surface area contributed by atoms with Crippen LogP contribution in [0.5, 0.6) is 5.75 Å². The fraction of sp³-hybridized carbons (Fsp3) is 0.538. The van der Waals surface area contributed by atoms with E-state index in [0.29, 0.717) is 6.61 Å². The third kappa shape index (κ3) is 5.43. The molecule has 0 fully saturated rings. The van der Waals surface area contributed by atoms with Gasteiger partial charge >= 0.3 is 0 Å². The normalized spacial score (nSPS) is 10.3. The predicted molar refractivity (Wildman–Crippen MR) is 62.2 cm³/mol. The summed E-state index contributed by atoms with van der Waals surface area (Å²) in [5, 5.41) is 8.60. The van der Waals surface area contributed by atoms with Gasteiger partial charge in [-0.3, -0.25) is 0 Å². The second kappa shape index (κ2) is 7.30. The molecule has 0 atom stereocenters. The number of hydrogen-bond donors (Lipinski definition) is 1. The molecule has 2 heteroatoms. The van der Waals surface area contributed by atoms with E-state index in [2.05, 4.69) is 13.0 Å². The van der Waals surface area contributed by atoms with Crippen molar-refractivity contribution in [2.24, 2.45) is 0 Å². The van der Waals surface area contributed by atoms with Crippen molar-refractivity contribution in [3.05, 3.63) is 29.8 Å². The molecule has 0 aliphatic rings. The van der Waals surface area contributed by atoms with E-state index >= 15 is 0 Å². The molecule has 84 valence electrons. The summed E-state index contributed by atoms with van der Waals surface area (Å²) < 4.78 is 5.60. The predicted octanol–water partition coefficient (Wildman–Crippen LogP) is 2.93. The molecule has 0 aromatic heterocycles. The first-order valence-electron chi connectivity index (χ1n) is 5.63. The van der Waals surface area contributed by atoms with Gasteiger partial charge in [0.1, 0.15) is 5.75 Å². The summed E-state index contributed by atoms with van der Waals surface area (Å²) in [7, 11) is 0. The number of hydrogen-bond acceptors (Lipinski definition) is 2. The van der Waals surface area contributed by atoms with E-state index in [1.165, 1.54) is 5.56 Å². The van der Waals surface area contributed by atoms with Crippen LogP contribution in [0.1, 0.15) is 31.2 Å². The van der Waals surface area contributed by atoms with Crippen LogP contribution in [-0.4, -0.2) is 18.3 Å². The monoisotopic (exact) mass is 208 g/mol. The molecule has 0 saturated carbocycles. The molecule has 0 aliphatic heterocycles. The van der Waals surface area contributed by atoms with E-state index in [9.17, 15) is 0 Å². The topological polar surface area (TPSA) is 29.5 Å². The van der Waals surface area contributed by atoms with Crippen molar-refractivity contribution in [1.82, 2.24) is 0 Å². The fourth-order valence-corrected chi connectivity index (χ4v) is 1.46. The molecule has 1 aromatic rings. The minimum absolute atomic E-state index is 0.304. The lowest BCUT2D eigenvalue weighted by atomic mass is 10.2. The van der Waals surface area contributed by atoms with Gasteiger partial charge in [-0.25, -0.2) is 0 Å². The van der Waals surface area contributed by atoms with E-state index in [-0.39, 0.29) is 0 Å². The average molecular weight is 208 g/mol. The largest absolute Gasteiger partial charge is 0.494 e. The molecule has 0 unspecified atom stereocenters. The number of unbranched alkanes of at least 4 members (excludes halogenated alkanes) is 3. The maximum Gasteiger partial charge on any atom is 0.119 e. The van der Waals surface area contributed by atoms with Gasteiger partial charge in [-0.15, -0.1) is 0 Å². The molecule has 0 aliphatic carbocycles. The van der Waals surface area contributed by atoms with E-state index in [0.717, 1.165) is 38.0 Å². The number of aryl methyl sites for hydroxylation is 1. The van der Waals surface area contributed by atoms with Crippen LogP contribution in [0.3, 0.4) is 0 Å². The highest BCUT2D eigenvalue weighted by molar-refractivity contribution is 5.27. The van der Waals surface area contributed by atoms with Gasteiger partial charge in [0.05, 0.1) is 6.61 Å². The van der Waals surface area contributed by atoms with Gasteiger partial charge in [-0.2, -0.15) is 0 Å². The van der Waals surface area contributed by atoms with Crippen LogP contribution in [0.2, 0.25) is 0 Å². The van der Waals surface area contributed by atoms with Crippen LogP contribution < -0.4 is 4.74 Å². The second-order valence-electron chi connectivity index (χ2n) is 3.80. The molecular formula is C13H20O2. The van der Waals surface area contributed by atoms with Gasteiger partial charge < -0.3 is 9.84 Å². The lowest BCUT2D eigenvalue weighted by molar-refractivity contribution is 0.273. The Morgan fingerprint density at radius 1 is 1.13 bits per heavy atom. The number of benzene rings is 1. The number of aliphatic hydroxyl groups is 1. The minimum Gasteiger partial charge on any atom is -0.494 e. The lowest BCUT2D eigenvalue weighted by Gasteiger charge is -2.06. The molecule has 1 aromatic carbocycles. The SMILES string of the molecule is Cc1cccc(OCCCCCCO)c1. The summed E-state index contributed by atoms with van der Waals surface area (Å²) in [5.41, 5.74) is 1.23. The molecule has 0 bridgehead atoms. The molecule has 0 heterocycles. The van der Waals surface area contributed by atoms with Gasteiger partial charge in [-0.05, 0) is 43.9 Å². The standard InChI is InChI=1S/C13H20O2/c1-12-7-6-8-13(11-12)15-10-5-3-2-4-9-14/h6-8,11,14H,2-5,9-10H2,1H3. The average Bonchev–Trinajstić information content (AvgIpc) is 2.23. The molecule has 0 amide bonds. The quantitative estimate of drug-likeness (QED) is 0.698. The number of rotatable bonds is 7. The Morgan fingerprint density at radius 3 is 2.67 bits per heavy atom. The molecule has 1 N–H and O–H groups in total. The Kier molecular flexibility index (Phi) is 5.86. The van der Waals surface area contributed by atoms with E-state index in [1.807, 2.05) is 18.2 Å². The Morgan fingerprint density at radius 2 is 1.93 bits per heavy atom. The summed E-state index contributed by atoms with van der Waals surface area (Å²) in [5.74, 6) is 0.956. The number of ether oxygens (including phenoxy) is 1. The first-order valence-corrected chi connectivity index (χ1v) is 5.63. The second-order valence-corrected chi connectivity index (χ2v) is 3.80. The van der Waals surface area contributed by atoms with Crippen molar-refractivity contribution in [1.29, 1.82) is 0 Å². The van der Waals surface area contributed by atoms with E-state index in [4.69, 9.17) is 9.84 Å². The Balaban J connectivity index is 2.10. The fourth-order valence-electron chi connectivity index (χ4n) is 1.46. The maximum absolute atomic E-state index is 8.60. The molecule has 1 rings (SSSR count). The van der Waals surface area contributed by atoms with Gasteiger partial charge in [0.15, 0.2) is 0 Å². The number of aliphatic hydroxyl groups excluding tert-OH is 1. The third-order valence-corrected chi connectivity index (χ3v) is 2.31. The van der Waals surface area contributed by atoms with Gasteiger partial charge in [0.25, 0.3) is 0 Å². The zero-order valence-electron chi connectivity index (χ0n) is 9.41. The Hall–Kier alpha value is -1.02. The molecule has 15 heavy (non-hydrogen) atoms. The molecular weight excluding hydrogens is 188 g/mol. The third-order valence-electron chi connectivity index (χ3n) is 2.31. The van der Waals surface area contributed by atoms with Crippen molar-refractivity contribution < 1.29 is 9.84 Å². The van der Waals surface area contributed by atoms with E-state index in [1.54, 1.807) is 0 Å². The first-order chi connectivity index (χ1) is 7.33. The van der Waals surface area contributed by atoms with Crippen molar-refractivity contribution in [3.8, 4) is 5.75 Å². The first kappa shape index (κ1) is 12.1. The minimum atomic E-state index is 0.304. The highest BCUT2D eigenvalue weighted by Gasteiger charge is 1.94. The molecule has 0 saturated heterocycles. The van der Waals surface area contributed by atoms with Crippen LogP contribution in [0, 0.1) is 6.92 Å². The van der Waals surface area contributed by atoms with Crippen LogP contribution in [0.25, 0.3) is 0 Å². The summed E-state index contributed by atoms with van der Waals surface area (Å²) in [6, 6.07) is 8.11. The van der Waals surface area contributed by atoms with Crippen molar-refractivity contribution in [2.45, 2.75) is 32.6 Å². The molecule has 0 radical (unpaired) electrons. The van der Waals surface area contributed by atoms with Crippen molar-refractivity contribution in [2.75, 3.05) is 13.2 Å². The highest BCUT2D eigenvalue weighted by atomic mass is 16.5. The van der Waals surface area contributed by atoms with Crippen LogP contribution in [0.15, 0.2) is 24.3 Å².